The molecule has 0 aromatic heterocycles. The van der Waals surface area contributed by atoms with E-state index in [1.165, 1.54) is 12.7 Å². The molecule has 66 valence electrons. The monoisotopic (exact) mass is 184 g/mol. The third kappa shape index (κ3) is 2.56. The quantitative estimate of drug-likeness (QED) is 0.731. The lowest BCUT2D eigenvalue weighted by Gasteiger charge is -2.08. The third-order valence-electron chi connectivity index (χ3n) is 1.78. The summed E-state index contributed by atoms with van der Waals surface area (Å²) in [7, 11) is 0.261. The number of benzene rings is 1. The predicted octanol–water partition coefficient (Wildman–Crippen LogP) is 2.45. The van der Waals surface area contributed by atoms with Crippen LogP contribution in [-0.2, 0) is 10.7 Å². The molecule has 1 aromatic rings. The maximum atomic E-state index is 9.28. The number of hydrogen-bond acceptors (Lipinski definition) is 2. The Morgan fingerprint density at radius 1 is 1.42 bits per heavy atom. The third-order valence-corrected chi connectivity index (χ3v) is 2.81. The highest BCUT2D eigenvalue weighted by Crippen LogP contribution is 2.35. The van der Waals surface area contributed by atoms with Crippen molar-refractivity contribution in [2.75, 3.05) is 7.11 Å². The van der Waals surface area contributed by atoms with Crippen molar-refractivity contribution >= 4 is 8.38 Å². The second-order valence-corrected chi connectivity index (χ2v) is 4.01. The van der Waals surface area contributed by atoms with Gasteiger partial charge in [0.15, 0.2) is 8.38 Å². The van der Waals surface area contributed by atoms with Crippen LogP contribution in [0, 0.1) is 6.92 Å². The van der Waals surface area contributed by atoms with Gasteiger partial charge >= 0.3 is 0 Å². The molecule has 1 unspecified atom stereocenters. The zero-order chi connectivity index (χ0) is 8.97. The predicted molar refractivity (Wildman–Crippen MR) is 51.0 cm³/mol. The molecule has 0 aliphatic rings. The van der Waals surface area contributed by atoms with Gasteiger partial charge in [-0.1, -0.05) is 24.3 Å². The van der Waals surface area contributed by atoms with Gasteiger partial charge < -0.3 is 9.42 Å². The van der Waals surface area contributed by atoms with E-state index >= 15 is 0 Å². The van der Waals surface area contributed by atoms with E-state index in [4.69, 9.17) is 4.52 Å². The van der Waals surface area contributed by atoms with Gasteiger partial charge in [0.25, 0.3) is 0 Å². The van der Waals surface area contributed by atoms with Crippen LogP contribution < -0.4 is 0 Å². The molecule has 0 bridgehead atoms. The fourth-order valence-electron chi connectivity index (χ4n) is 0.998. The highest BCUT2D eigenvalue weighted by molar-refractivity contribution is 7.45. The summed E-state index contributed by atoms with van der Waals surface area (Å²) in [5, 5.41) is 0. The molecule has 0 saturated heterocycles. The van der Waals surface area contributed by atoms with Crippen molar-refractivity contribution in [3.63, 3.8) is 0 Å². The average molecular weight is 184 g/mol. The Balaban J connectivity index is 2.69. The van der Waals surface area contributed by atoms with Gasteiger partial charge in [-0.05, 0) is 18.1 Å². The summed E-state index contributed by atoms with van der Waals surface area (Å²) in [5.74, 6) is 0. The molecule has 1 atom stereocenters. The smallest absolute Gasteiger partial charge is 0.172 e. The normalized spacial score (nSPS) is 12.9. The zero-order valence-corrected chi connectivity index (χ0v) is 8.21. The van der Waals surface area contributed by atoms with Gasteiger partial charge in [-0.2, -0.15) is 0 Å². The average Bonchev–Trinajstić information content (AvgIpc) is 2.09. The van der Waals surface area contributed by atoms with E-state index in [2.05, 4.69) is 0 Å². The Kier molecular flexibility index (Phi) is 3.67. The summed E-state index contributed by atoms with van der Waals surface area (Å²) in [4.78, 5) is 9.28. The molecule has 12 heavy (non-hydrogen) atoms. The lowest BCUT2D eigenvalue weighted by molar-refractivity contribution is 0.389. The molecule has 0 radical (unpaired) electrons. The van der Waals surface area contributed by atoms with Crippen LogP contribution in [-0.4, -0.2) is 12.0 Å². The number of aryl methyl sites for hydroxylation is 1. The van der Waals surface area contributed by atoms with Crippen LogP contribution in [0.1, 0.15) is 11.1 Å². The van der Waals surface area contributed by atoms with Gasteiger partial charge in [0, 0.05) is 13.3 Å². The maximum absolute atomic E-state index is 9.28. The Morgan fingerprint density at radius 3 is 2.67 bits per heavy atom. The van der Waals surface area contributed by atoms with Gasteiger partial charge in [-0.15, -0.1) is 0 Å². The van der Waals surface area contributed by atoms with Crippen molar-refractivity contribution in [2.24, 2.45) is 0 Å². The van der Waals surface area contributed by atoms with Crippen LogP contribution in [0.25, 0.3) is 0 Å². The minimum absolute atomic E-state index is 0.624. The topological polar surface area (TPSA) is 29.5 Å². The highest BCUT2D eigenvalue weighted by atomic mass is 31.2. The first-order valence-electron chi connectivity index (χ1n) is 3.79. The van der Waals surface area contributed by atoms with E-state index in [1.807, 2.05) is 31.2 Å². The van der Waals surface area contributed by atoms with Crippen LogP contribution in [0.2, 0.25) is 0 Å². The molecule has 0 heterocycles. The Bertz CT molecular complexity index is 250. The summed E-state index contributed by atoms with van der Waals surface area (Å²) in [6, 6.07) is 8.01. The standard InChI is InChI=1S/C9H13O2P/c1-8-5-3-4-6-9(8)7-12(10)11-2/h3-6,10H,7H2,1-2H3. The molecule has 3 heteroatoms. The Morgan fingerprint density at radius 2 is 2.08 bits per heavy atom. The fourth-order valence-corrected chi connectivity index (χ4v) is 1.77. The van der Waals surface area contributed by atoms with E-state index in [9.17, 15) is 4.89 Å². The maximum Gasteiger partial charge on any atom is 0.172 e. The molecule has 0 fully saturated rings. The summed E-state index contributed by atoms with van der Waals surface area (Å²) in [6.45, 7) is 2.04. The fraction of sp³-hybridized carbons (Fsp3) is 0.333. The minimum Gasteiger partial charge on any atom is -0.350 e. The van der Waals surface area contributed by atoms with Crippen molar-refractivity contribution in [3.8, 4) is 0 Å². The van der Waals surface area contributed by atoms with Crippen LogP contribution in [0.3, 0.4) is 0 Å². The molecule has 0 aliphatic heterocycles. The first-order valence-corrected chi connectivity index (χ1v) is 5.19. The van der Waals surface area contributed by atoms with Gasteiger partial charge in [0.05, 0.1) is 0 Å². The van der Waals surface area contributed by atoms with Crippen LogP contribution in [0.15, 0.2) is 24.3 Å². The van der Waals surface area contributed by atoms with Crippen molar-refractivity contribution < 1.29 is 9.42 Å². The summed E-state index contributed by atoms with van der Waals surface area (Å²) in [5.41, 5.74) is 2.36. The zero-order valence-electron chi connectivity index (χ0n) is 7.32. The van der Waals surface area contributed by atoms with Crippen molar-refractivity contribution in [2.45, 2.75) is 13.1 Å². The summed E-state index contributed by atoms with van der Waals surface area (Å²) >= 11 is 0. The first kappa shape index (κ1) is 9.66. The lowest BCUT2D eigenvalue weighted by atomic mass is 10.1. The van der Waals surface area contributed by atoms with Crippen LogP contribution in [0.4, 0.5) is 0 Å². The second-order valence-electron chi connectivity index (χ2n) is 2.62. The highest BCUT2D eigenvalue weighted by Gasteiger charge is 2.05. The molecule has 1 aromatic carbocycles. The first-order chi connectivity index (χ1) is 5.74. The molecule has 1 N–H and O–H groups in total. The van der Waals surface area contributed by atoms with Crippen LogP contribution in [0.5, 0.6) is 0 Å². The van der Waals surface area contributed by atoms with Gasteiger partial charge in [-0.3, -0.25) is 0 Å². The Labute approximate surface area is 74.1 Å². The van der Waals surface area contributed by atoms with Crippen molar-refractivity contribution in [1.82, 2.24) is 0 Å². The lowest BCUT2D eigenvalue weighted by Crippen LogP contribution is -1.88. The van der Waals surface area contributed by atoms with E-state index in [1.54, 1.807) is 0 Å². The minimum atomic E-state index is -1.27. The molecule has 2 nitrogen and oxygen atoms in total. The second kappa shape index (κ2) is 4.56. The van der Waals surface area contributed by atoms with Crippen LogP contribution >= 0.6 is 8.38 Å². The molecule has 1 rings (SSSR count). The van der Waals surface area contributed by atoms with Gasteiger partial charge in [-0.25, -0.2) is 0 Å². The number of rotatable bonds is 3. The van der Waals surface area contributed by atoms with E-state index < -0.39 is 8.38 Å². The SMILES string of the molecule is COP(O)Cc1ccccc1C. The molecule has 0 spiro atoms. The van der Waals surface area contributed by atoms with E-state index in [0.29, 0.717) is 6.16 Å². The molecular formula is C9H13O2P. The van der Waals surface area contributed by atoms with E-state index in [-0.39, 0.29) is 0 Å². The van der Waals surface area contributed by atoms with Crippen molar-refractivity contribution in [1.29, 1.82) is 0 Å². The molecule has 0 amide bonds. The van der Waals surface area contributed by atoms with Crippen molar-refractivity contribution in [3.05, 3.63) is 35.4 Å². The van der Waals surface area contributed by atoms with Gasteiger partial charge in [0.2, 0.25) is 0 Å². The largest absolute Gasteiger partial charge is 0.350 e. The summed E-state index contributed by atoms with van der Waals surface area (Å²) < 4.78 is 4.83. The van der Waals surface area contributed by atoms with E-state index in [0.717, 1.165) is 5.56 Å². The summed E-state index contributed by atoms with van der Waals surface area (Å²) in [6.07, 6.45) is 0.624. The molecule has 0 aliphatic carbocycles. The van der Waals surface area contributed by atoms with Gasteiger partial charge in [0.1, 0.15) is 0 Å². The number of hydrogen-bond donors (Lipinski definition) is 1. The molecule has 0 saturated carbocycles. The molecular weight excluding hydrogens is 171 g/mol. The Hall–Kier alpha value is -0.430.